The first kappa shape index (κ1) is 23.6. The van der Waals surface area contributed by atoms with Crippen molar-refractivity contribution in [3.63, 3.8) is 0 Å². The normalized spacial score (nSPS) is 16.3. The van der Waals surface area contributed by atoms with E-state index in [1.807, 2.05) is 53.7 Å². The minimum absolute atomic E-state index is 0.248. The van der Waals surface area contributed by atoms with Crippen LogP contribution in [0.15, 0.2) is 18.2 Å². The van der Waals surface area contributed by atoms with Crippen molar-refractivity contribution in [2.24, 2.45) is 0 Å². The predicted molar refractivity (Wildman–Crippen MR) is 111 cm³/mol. The average Bonchev–Trinajstić information content (AvgIpc) is 2.50. The molecule has 0 heterocycles. The first-order valence-electron chi connectivity index (χ1n) is 9.00. The van der Waals surface area contributed by atoms with Gasteiger partial charge in [0.2, 0.25) is 0 Å². The van der Waals surface area contributed by atoms with Crippen molar-refractivity contribution in [1.29, 1.82) is 0 Å². The Kier molecular flexibility index (Phi) is 7.26. The lowest BCUT2D eigenvalue weighted by atomic mass is 9.78. The molecular weight excluding hydrogens is 363 g/mol. The van der Waals surface area contributed by atoms with Crippen LogP contribution < -0.4 is 0 Å². The van der Waals surface area contributed by atoms with Crippen LogP contribution in [0.5, 0.6) is 5.75 Å². The summed E-state index contributed by atoms with van der Waals surface area (Å²) < 4.78 is 21.8. The molecule has 0 aromatic heterocycles. The zero-order valence-electron chi connectivity index (χ0n) is 17.9. The molecule has 0 radical (unpaired) electrons. The number of hydrogen-bond donors (Lipinski definition) is 1. The van der Waals surface area contributed by atoms with E-state index in [9.17, 15) is 14.5 Å². The Morgan fingerprint density at radius 3 is 1.93 bits per heavy atom. The van der Waals surface area contributed by atoms with Gasteiger partial charge in [-0.2, -0.15) is 0 Å². The molecule has 0 aliphatic carbocycles. The van der Waals surface area contributed by atoms with E-state index in [4.69, 9.17) is 9.05 Å². The fourth-order valence-corrected chi connectivity index (χ4v) is 3.36. The second-order valence-corrected chi connectivity index (χ2v) is 11.0. The summed E-state index contributed by atoms with van der Waals surface area (Å²) in [6.45, 7) is 15.1. The second kappa shape index (κ2) is 8.30. The lowest BCUT2D eigenvalue weighted by molar-refractivity contribution is -0.120. The Morgan fingerprint density at radius 2 is 1.56 bits per heavy atom. The summed E-state index contributed by atoms with van der Waals surface area (Å²) in [5.74, 6) is -0.0148. The molecule has 0 aliphatic heterocycles. The number of carbonyl (C=O) groups excluding carboxylic acids is 1. The number of rotatable bonds is 6. The molecule has 1 N–H and O–H groups in total. The molecule has 5 nitrogen and oxygen atoms in total. The van der Waals surface area contributed by atoms with E-state index in [1.54, 1.807) is 13.0 Å². The second-order valence-electron chi connectivity index (χ2n) is 8.90. The molecule has 0 saturated carbocycles. The molecule has 1 aromatic carbocycles. The summed E-state index contributed by atoms with van der Waals surface area (Å²) in [5.41, 5.74) is 1.96. The molecule has 0 fully saturated rings. The van der Waals surface area contributed by atoms with E-state index < -0.39 is 13.7 Å². The topological polar surface area (TPSA) is 72.8 Å². The first-order valence-corrected chi connectivity index (χ1v) is 11.0. The minimum atomic E-state index is -3.23. The van der Waals surface area contributed by atoms with Gasteiger partial charge < -0.3 is 9.63 Å². The highest BCUT2D eigenvalue weighted by molar-refractivity contribution is 7.53. The lowest BCUT2D eigenvalue weighted by Gasteiger charge is -2.27. The summed E-state index contributed by atoms with van der Waals surface area (Å²) >= 11 is 0. The van der Waals surface area contributed by atoms with Gasteiger partial charge in [0.25, 0.3) is 0 Å². The Hall–Kier alpha value is -1.42. The first-order chi connectivity index (χ1) is 12.1. The summed E-state index contributed by atoms with van der Waals surface area (Å²) in [6, 6.07) is 3.78. The highest BCUT2D eigenvalue weighted by atomic mass is 31.2. The van der Waals surface area contributed by atoms with E-state index in [1.165, 1.54) is 19.9 Å². The molecule has 1 aromatic rings. The van der Waals surface area contributed by atoms with Gasteiger partial charge in [-0.3, -0.25) is 13.9 Å². The van der Waals surface area contributed by atoms with Crippen molar-refractivity contribution in [1.82, 2.24) is 0 Å². The third kappa shape index (κ3) is 6.60. The van der Waals surface area contributed by atoms with Crippen molar-refractivity contribution in [2.75, 3.05) is 13.8 Å². The standard InChI is InChI=1S/C21H33O5P/c1-14(26-27(9,24)25-8)18(22)11-10-15-12-16(20(2,3)4)19(23)17(13-15)21(5,6)7/h10-14,23H,1-9H3. The van der Waals surface area contributed by atoms with Gasteiger partial charge in [-0.15, -0.1) is 0 Å². The van der Waals surface area contributed by atoms with Crippen molar-refractivity contribution in [2.45, 2.75) is 65.4 Å². The maximum atomic E-state index is 12.3. The van der Waals surface area contributed by atoms with Gasteiger partial charge in [-0.1, -0.05) is 47.6 Å². The quantitative estimate of drug-likeness (QED) is 0.512. The van der Waals surface area contributed by atoms with E-state index in [0.29, 0.717) is 5.75 Å². The number of phenolic OH excluding ortho intramolecular Hbond substituents is 1. The molecule has 6 heteroatoms. The van der Waals surface area contributed by atoms with Crippen LogP contribution in [0.4, 0.5) is 0 Å². The Bertz CT molecular complexity index is 731. The summed E-state index contributed by atoms with van der Waals surface area (Å²) in [4.78, 5) is 12.3. The van der Waals surface area contributed by atoms with Crippen molar-refractivity contribution < 1.29 is 23.5 Å². The van der Waals surface area contributed by atoms with Gasteiger partial charge in [0, 0.05) is 24.9 Å². The maximum Gasteiger partial charge on any atom is 0.328 e. The molecule has 0 bridgehead atoms. The van der Waals surface area contributed by atoms with Crippen LogP contribution >= 0.6 is 7.60 Å². The average molecular weight is 396 g/mol. The Labute approximate surface area is 163 Å². The van der Waals surface area contributed by atoms with Gasteiger partial charge in [-0.25, -0.2) is 0 Å². The lowest BCUT2D eigenvalue weighted by Crippen LogP contribution is -2.18. The highest BCUT2D eigenvalue weighted by Gasteiger charge is 2.26. The maximum absolute atomic E-state index is 12.3. The summed E-state index contributed by atoms with van der Waals surface area (Å²) in [7, 11) is -1.95. The van der Waals surface area contributed by atoms with E-state index in [0.717, 1.165) is 16.7 Å². The van der Waals surface area contributed by atoms with Crippen LogP contribution in [-0.4, -0.2) is 30.8 Å². The molecule has 27 heavy (non-hydrogen) atoms. The molecule has 2 atom stereocenters. The molecule has 0 spiro atoms. The highest BCUT2D eigenvalue weighted by Crippen LogP contribution is 2.44. The number of phenols is 1. The summed E-state index contributed by atoms with van der Waals surface area (Å²) in [5, 5.41) is 10.7. The zero-order chi connectivity index (χ0) is 21.2. The zero-order valence-corrected chi connectivity index (χ0v) is 18.8. The van der Waals surface area contributed by atoms with Gasteiger partial charge in [0.15, 0.2) is 5.78 Å². The largest absolute Gasteiger partial charge is 0.507 e. The monoisotopic (exact) mass is 396 g/mol. The van der Waals surface area contributed by atoms with Gasteiger partial charge in [-0.05, 0) is 41.5 Å². The molecule has 1 rings (SSSR count). The van der Waals surface area contributed by atoms with Gasteiger partial charge >= 0.3 is 7.60 Å². The van der Waals surface area contributed by atoms with Crippen LogP contribution in [-0.2, 0) is 29.2 Å². The van der Waals surface area contributed by atoms with Crippen LogP contribution in [0.25, 0.3) is 6.08 Å². The third-order valence-corrected chi connectivity index (χ3v) is 5.63. The van der Waals surface area contributed by atoms with Crippen molar-refractivity contribution >= 4 is 19.5 Å². The number of hydrogen-bond acceptors (Lipinski definition) is 5. The molecule has 0 aliphatic rings. The molecule has 152 valence electrons. The van der Waals surface area contributed by atoms with Crippen LogP contribution in [0.3, 0.4) is 0 Å². The van der Waals surface area contributed by atoms with E-state index in [2.05, 4.69) is 0 Å². The molecule has 0 amide bonds. The van der Waals surface area contributed by atoms with Gasteiger partial charge in [0.05, 0.1) is 0 Å². The van der Waals surface area contributed by atoms with E-state index in [-0.39, 0.29) is 16.6 Å². The fourth-order valence-electron chi connectivity index (χ4n) is 2.59. The van der Waals surface area contributed by atoms with Crippen molar-refractivity contribution in [3.05, 3.63) is 34.9 Å². The Morgan fingerprint density at radius 1 is 1.11 bits per heavy atom. The molecule has 0 saturated heterocycles. The molecule has 2 unspecified atom stereocenters. The fraction of sp³-hybridized carbons (Fsp3) is 0.571. The van der Waals surface area contributed by atoms with Crippen LogP contribution in [0.1, 0.15) is 65.2 Å². The van der Waals surface area contributed by atoms with Gasteiger partial charge in [0.1, 0.15) is 11.9 Å². The number of carbonyl (C=O) groups is 1. The minimum Gasteiger partial charge on any atom is -0.507 e. The summed E-state index contributed by atoms with van der Waals surface area (Å²) in [6.07, 6.45) is 2.23. The third-order valence-electron chi connectivity index (χ3n) is 4.27. The predicted octanol–water partition coefficient (Wildman–Crippen LogP) is 5.44. The van der Waals surface area contributed by atoms with Crippen LogP contribution in [0.2, 0.25) is 0 Å². The number of ketones is 1. The molecular formula is C21H33O5P. The van der Waals surface area contributed by atoms with Crippen LogP contribution in [0, 0.1) is 0 Å². The number of benzene rings is 1. The number of aromatic hydroxyl groups is 1. The Balaban J connectivity index is 3.25. The smallest absolute Gasteiger partial charge is 0.328 e. The van der Waals surface area contributed by atoms with Crippen molar-refractivity contribution in [3.8, 4) is 5.75 Å². The van der Waals surface area contributed by atoms with E-state index >= 15 is 0 Å². The SMILES string of the molecule is COP(C)(=O)OC(C)C(=O)C=Cc1cc(C(C)(C)C)c(O)c(C(C)(C)C)c1.